The molecule has 0 atom stereocenters. The van der Waals surface area contributed by atoms with E-state index < -0.39 is 0 Å². The topological polar surface area (TPSA) is 78.0 Å². The smallest absolute Gasteiger partial charge is 0.268 e. The van der Waals surface area contributed by atoms with Crippen molar-refractivity contribution in [2.75, 3.05) is 0 Å². The Labute approximate surface area is 108 Å². The molecule has 0 amide bonds. The van der Waals surface area contributed by atoms with E-state index in [0.29, 0.717) is 23.6 Å². The fourth-order valence-corrected chi connectivity index (χ4v) is 1.83. The summed E-state index contributed by atoms with van der Waals surface area (Å²) in [6.07, 6.45) is 4.07. The van der Waals surface area contributed by atoms with Crippen molar-refractivity contribution in [2.45, 2.75) is 19.9 Å². The van der Waals surface area contributed by atoms with Crippen molar-refractivity contribution < 1.29 is 0 Å². The van der Waals surface area contributed by atoms with Crippen LogP contribution in [0, 0.1) is 0 Å². The highest BCUT2D eigenvalue weighted by atomic mass is 16.1. The predicted octanol–water partition coefficient (Wildman–Crippen LogP) is 0.758. The number of hydrogen-bond donors (Lipinski definition) is 0. The summed E-state index contributed by atoms with van der Waals surface area (Å²) in [4.78, 5) is 18.0. The molecule has 3 aromatic rings. The maximum Gasteiger partial charge on any atom is 0.269 e. The van der Waals surface area contributed by atoms with Crippen molar-refractivity contribution in [3.63, 3.8) is 0 Å². The van der Waals surface area contributed by atoms with Crippen molar-refractivity contribution >= 4 is 5.65 Å². The Balaban J connectivity index is 2.14. The maximum absolute atomic E-state index is 12.3. The Morgan fingerprint density at radius 2 is 2.21 bits per heavy atom. The molecule has 0 unspecified atom stereocenters. The van der Waals surface area contributed by atoms with Crippen LogP contribution >= 0.6 is 0 Å². The Morgan fingerprint density at radius 1 is 1.32 bits per heavy atom. The number of nitrogens with zero attached hydrogens (tertiary/aromatic N) is 6. The minimum Gasteiger partial charge on any atom is -0.268 e. The number of aryl methyl sites for hydroxylation is 1. The predicted molar refractivity (Wildman–Crippen MR) is 68.6 cm³/mol. The molecule has 3 rings (SSSR count). The standard InChI is InChI=1S/C12H12N6O/c1-2-6-18-15-11(14-16-18)9-8-13-10-5-3-4-7-17(10)12(9)19/h3-5,7-8H,2,6H2,1H3. The number of fused-ring (bicyclic) bond motifs is 1. The molecular weight excluding hydrogens is 244 g/mol. The van der Waals surface area contributed by atoms with Gasteiger partial charge in [0.05, 0.1) is 6.54 Å². The summed E-state index contributed by atoms with van der Waals surface area (Å²) in [5, 5.41) is 12.0. The van der Waals surface area contributed by atoms with Crippen LogP contribution in [0.5, 0.6) is 0 Å². The summed E-state index contributed by atoms with van der Waals surface area (Å²) in [6, 6.07) is 5.38. The lowest BCUT2D eigenvalue weighted by molar-refractivity contribution is 0.515. The first-order chi connectivity index (χ1) is 9.29. The quantitative estimate of drug-likeness (QED) is 0.691. The van der Waals surface area contributed by atoms with Crippen LogP contribution in [0.15, 0.2) is 35.4 Å². The Bertz CT molecular complexity index is 775. The van der Waals surface area contributed by atoms with Crippen LogP contribution in [0.1, 0.15) is 13.3 Å². The number of hydrogen-bond acceptors (Lipinski definition) is 5. The van der Waals surface area contributed by atoms with Crippen LogP contribution in [0.4, 0.5) is 0 Å². The molecular formula is C12H12N6O. The number of tetrazole rings is 1. The lowest BCUT2D eigenvalue weighted by atomic mass is 10.3. The molecule has 0 aliphatic carbocycles. The van der Waals surface area contributed by atoms with Gasteiger partial charge in [0.15, 0.2) is 0 Å². The van der Waals surface area contributed by atoms with Gasteiger partial charge in [0.25, 0.3) is 5.56 Å². The third kappa shape index (κ3) is 1.99. The molecule has 0 aromatic carbocycles. The van der Waals surface area contributed by atoms with Crippen LogP contribution in [0.3, 0.4) is 0 Å². The van der Waals surface area contributed by atoms with Crippen molar-refractivity contribution in [1.29, 1.82) is 0 Å². The first kappa shape index (κ1) is 11.5. The molecule has 0 spiro atoms. The van der Waals surface area contributed by atoms with E-state index in [1.165, 1.54) is 15.4 Å². The second-order valence-corrected chi connectivity index (χ2v) is 4.11. The molecule has 0 radical (unpaired) electrons. The molecule has 7 nitrogen and oxygen atoms in total. The first-order valence-electron chi connectivity index (χ1n) is 6.04. The van der Waals surface area contributed by atoms with E-state index in [-0.39, 0.29) is 5.56 Å². The lowest BCUT2D eigenvalue weighted by Gasteiger charge is -2.00. The molecule has 3 heterocycles. The van der Waals surface area contributed by atoms with E-state index in [1.54, 1.807) is 18.3 Å². The van der Waals surface area contributed by atoms with Gasteiger partial charge in [-0.2, -0.15) is 4.80 Å². The van der Waals surface area contributed by atoms with Crippen LogP contribution in [0.2, 0.25) is 0 Å². The second-order valence-electron chi connectivity index (χ2n) is 4.11. The first-order valence-corrected chi connectivity index (χ1v) is 6.04. The molecule has 0 saturated carbocycles. The molecule has 0 aliphatic heterocycles. The SMILES string of the molecule is CCCn1nnc(-c2cnc3ccccn3c2=O)n1. The zero-order chi connectivity index (χ0) is 13.2. The molecule has 0 bridgehead atoms. The fraction of sp³-hybridized carbons (Fsp3) is 0.250. The zero-order valence-electron chi connectivity index (χ0n) is 10.4. The largest absolute Gasteiger partial charge is 0.269 e. The van der Waals surface area contributed by atoms with Gasteiger partial charge in [0, 0.05) is 12.4 Å². The number of pyridine rings is 1. The van der Waals surface area contributed by atoms with Gasteiger partial charge in [0.2, 0.25) is 5.82 Å². The summed E-state index contributed by atoms with van der Waals surface area (Å²) >= 11 is 0. The van der Waals surface area contributed by atoms with Gasteiger partial charge in [-0.05, 0) is 23.8 Å². The summed E-state index contributed by atoms with van der Waals surface area (Å²) in [6.45, 7) is 2.70. The number of rotatable bonds is 3. The third-order valence-corrected chi connectivity index (χ3v) is 2.73. The highest BCUT2D eigenvalue weighted by Gasteiger charge is 2.12. The van der Waals surface area contributed by atoms with Gasteiger partial charge >= 0.3 is 0 Å². The molecule has 0 N–H and O–H groups in total. The maximum atomic E-state index is 12.3. The van der Waals surface area contributed by atoms with Crippen LogP contribution in [0.25, 0.3) is 17.0 Å². The normalized spacial score (nSPS) is 11.0. The van der Waals surface area contributed by atoms with Crippen molar-refractivity contribution in [2.24, 2.45) is 0 Å². The second kappa shape index (κ2) is 4.60. The van der Waals surface area contributed by atoms with Gasteiger partial charge in [-0.1, -0.05) is 13.0 Å². The summed E-state index contributed by atoms with van der Waals surface area (Å²) < 4.78 is 1.47. The minimum atomic E-state index is -0.193. The van der Waals surface area contributed by atoms with Gasteiger partial charge in [-0.15, -0.1) is 10.2 Å². The van der Waals surface area contributed by atoms with E-state index in [2.05, 4.69) is 20.4 Å². The zero-order valence-corrected chi connectivity index (χ0v) is 10.4. The molecule has 19 heavy (non-hydrogen) atoms. The molecule has 0 aliphatic rings. The van der Waals surface area contributed by atoms with E-state index in [9.17, 15) is 4.79 Å². The highest BCUT2D eigenvalue weighted by Crippen LogP contribution is 2.07. The van der Waals surface area contributed by atoms with Gasteiger partial charge in [0.1, 0.15) is 11.2 Å². The molecule has 3 aromatic heterocycles. The summed E-state index contributed by atoms with van der Waals surface area (Å²) in [7, 11) is 0. The average Bonchev–Trinajstić information content (AvgIpc) is 2.88. The molecule has 0 fully saturated rings. The molecule has 7 heteroatoms. The van der Waals surface area contributed by atoms with Gasteiger partial charge in [-0.3, -0.25) is 9.20 Å². The Kier molecular flexibility index (Phi) is 2.79. The fourth-order valence-electron chi connectivity index (χ4n) is 1.83. The average molecular weight is 256 g/mol. The van der Waals surface area contributed by atoms with E-state index in [1.807, 2.05) is 13.0 Å². The van der Waals surface area contributed by atoms with Crippen LogP contribution < -0.4 is 5.56 Å². The van der Waals surface area contributed by atoms with Crippen LogP contribution in [-0.4, -0.2) is 29.6 Å². The number of aromatic nitrogens is 6. The van der Waals surface area contributed by atoms with Crippen molar-refractivity contribution in [3.05, 3.63) is 40.9 Å². The van der Waals surface area contributed by atoms with E-state index in [4.69, 9.17) is 0 Å². The summed E-state index contributed by atoms with van der Waals surface area (Å²) in [5.74, 6) is 0.309. The minimum absolute atomic E-state index is 0.193. The molecule has 0 saturated heterocycles. The van der Waals surface area contributed by atoms with Gasteiger partial charge in [-0.25, -0.2) is 4.98 Å². The van der Waals surface area contributed by atoms with E-state index in [0.717, 1.165) is 6.42 Å². The van der Waals surface area contributed by atoms with Crippen molar-refractivity contribution in [3.8, 4) is 11.4 Å². The van der Waals surface area contributed by atoms with E-state index >= 15 is 0 Å². The lowest BCUT2D eigenvalue weighted by Crippen LogP contribution is -2.17. The monoisotopic (exact) mass is 256 g/mol. The Hall–Kier alpha value is -2.57. The third-order valence-electron chi connectivity index (χ3n) is 2.73. The van der Waals surface area contributed by atoms with Gasteiger partial charge < -0.3 is 0 Å². The van der Waals surface area contributed by atoms with Crippen molar-refractivity contribution in [1.82, 2.24) is 29.6 Å². The van der Waals surface area contributed by atoms with Crippen LogP contribution in [-0.2, 0) is 6.54 Å². The molecule has 96 valence electrons. The summed E-state index contributed by atoms with van der Waals surface area (Å²) in [5.41, 5.74) is 0.755. The Morgan fingerprint density at radius 3 is 3.05 bits per heavy atom. The highest BCUT2D eigenvalue weighted by molar-refractivity contribution is 5.53.